The van der Waals surface area contributed by atoms with Gasteiger partial charge in [0.05, 0.1) is 6.20 Å². The van der Waals surface area contributed by atoms with Gasteiger partial charge < -0.3 is 10.1 Å². The first-order valence-corrected chi connectivity index (χ1v) is 8.79. The Morgan fingerprint density at radius 1 is 1.28 bits per heavy atom. The summed E-state index contributed by atoms with van der Waals surface area (Å²) in [6, 6.07) is 5.68. The molecule has 0 aliphatic rings. The number of nitrogens with zero attached hydrogens (tertiary/aromatic N) is 2. The molecular weight excluding hydrogens is 345 g/mol. The average molecular weight is 365 g/mol. The van der Waals surface area contributed by atoms with Crippen LogP contribution in [0, 0.1) is 5.82 Å². The van der Waals surface area contributed by atoms with E-state index in [1.54, 1.807) is 16.7 Å². The summed E-state index contributed by atoms with van der Waals surface area (Å²) in [6.07, 6.45) is 3.19. The van der Waals surface area contributed by atoms with Gasteiger partial charge in [-0.05, 0) is 51.3 Å². The molecule has 6 nitrogen and oxygen atoms in total. The van der Waals surface area contributed by atoms with E-state index in [1.165, 1.54) is 30.1 Å². The zero-order valence-corrected chi connectivity index (χ0v) is 15.3. The highest BCUT2D eigenvalue weighted by Gasteiger charge is 2.21. The smallest absolute Gasteiger partial charge is 0.357 e. The third-order valence-corrected chi connectivity index (χ3v) is 3.71. The zero-order valence-electron chi connectivity index (χ0n) is 14.5. The Morgan fingerprint density at radius 3 is 2.48 bits per heavy atom. The van der Waals surface area contributed by atoms with Crippen LogP contribution in [0.25, 0.3) is 5.69 Å². The van der Waals surface area contributed by atoms with Crippen molar-refractivity contribution in [2.45, 2.75) is 31.5 Å². The van der Waals surface area contributed by atoms with Gasteiger partial charge >= 0.3 is 5.97 Å². The van der Waals surface area contributed by atoms with Gasteiger partial charge in [0.25, 0.3) is 5.91 Å². The van der Waals surface area contributed by atoms with Gasteiger partial charge in [-0.15, -0.1) is 0 Å². The van der Waals surface area contributed by atoms with Crippen molar-refractivity contribution in [2.75, 3.05) is 12.9 Å². The molecule has 0 atom stereocenters. The summed E-state index contributed by atoms with van der Waals surface area (Å²) in [4.78, 5) is 28.3. The van der Waals surface area contributed by atoms with Gasteiger partial charge in [0, 0.05) is 11.2 Å². The number of hydrogen-bond acceptors (Lipinski definition) is 5. The number of benzene rings is 1. The van der Waals surface area contributed by atoms with Gasteiger partial charge in [0.15, 0.2) is 17.5 Å². The Balaban J connectivity index is 2.19. The summed E-state index contributed by atoms with van der Waals surface area (Å²) in [6.45, 7) is 5.11. The van der Waals surface area contributed by atoms with Gasteiger partial charge in [-0.25, -0.2) is 14.2 Å². The number of thioether (sulfide) groups is 1. The predicted octanol–water partition coefficient (Wildman–Crippen LogP) is 2.80. The van der Waals surface area contributed by atoms with Crippen molar-refractivity contribution in [3.8, 4) is 5.69 Å². The highest BCUT2D eigenvalue weighted by molar-refractivity contribution is 7.98. The SMILES string of the molecule is CSc1ncc(C(=O)OCC(=O)NC(C)(C)C)n1-c1ccc(F)cc1. The second kappa shape index (κ2) is 7.69. The third kappa shape index (κ3) is 5.06. The van der Waals surface area contributed by atoms with Crippen LogP contribution in [0.3, 0.4) is 0 Å². The maximum Gasteiger partial charge on any atom is 0.357 e. The average Bonchev–Trinajstić information content (AvgIpc) is 2.95. The van der Waals surface area contributed by atoms with Gasteiger partial charge in [-0.3, -0.25) is 9.36 Å². The maximum atomic E-state index is 13.1. The van der Waals surface area contributed by atoms with Crippen LogP contribution in [-0.4, -0.2) is 39.8 Å². The van der Waals surface area contributed by atoms with E-state index < -0.39 is 17.4 Å². The van der Waals surface area contributed by atoms with Crippen molar-refractivity contribution >= 4 is 23.6 Å². The largest absolute Gasteiger partial charge is 0.451 e. The Bertz CT molecular complexity index is 766. The minimum Gasteiger partial charge on any atom is -0.451 e. The molecule has 8 heteroatoms. The molecule has 1 amide bonds. The van der Waals surface area contributed by atoms with E-state index in [0.29, 0.717) is 10.8 Å². The van der Waals surface area contributed by atoms with Crippen LogP contribution >= 0.6 is 11.8 Å². The van der Waals surface area contributed by atoms with E-state index in [0.717, 1.165) is 0 Å². The molecule has 0 aliphatic carbocycles. The Morgan fingerprint density at radius 2 is 1.92 bits per heavy atom. The first-order valence-electron chi connectivity index (χ1n) is 7.57. The molecule has 0 bridgehead atoms. The fourth-order valence-corrected chi connectivity index (χ4v) is 2.67. The molecule has 1 N–H and O–H groups in total. The number of nitrogens with one attached hydrogen (secondary N) is 1. The quantitative estimate of drug-likeness (QED) is 0.652. The van der Waals surface area contributed by atoms with Crippen molar-refractivity contribution in [1.29, 1.82) is 0 Å². The van der Waals surface area contributed by atoms with Gasteiger partial charge in [-0.2, -0.15) is 0 Å². The normalized spacial score (nSPS) is 11.2. The minimum atomic E-state index is -0.679. The molecule has 0 saturated heterocycles. The van der Waals surface area contributed by atoms with Crippen LogP contribution in [0.15, 0.2) is 35.6 Å². The number of aromatic nitrogens is 2. The molecule has 0 radical (unpaired) electrons. The van der Waals surface area contributed by atoms with Crippen molar-refractivity contribution in [2.24, 2.45) is 0 Å². The van der Waals surface area contributed by atoms with Crippen molar-refractivity contribution in [3.05, 3.63) is 42.0 Å². The number of imidazole rings is 1. The topological polar surface area (TPSA) is 73.2 Å². The van der Waals surface area contributed by atoms with Gasteiger partial charge in [-0.1, -0.05) is 11.8 Å². The zero-order chi connectivity index (χ0) is 18.6. The lowest BCUT2D eigenvalue weighted by Gasteiger charge is -2.20. The van der Waals surface area contributed by atoms with Gasteiger partial charge in [0.1, 0.15) is 5.82 Å². The van der Waals surface area contributed by atoms with Crippen LogP contribution in [0.2, 0.25) is 0 Å². The maximum absolute atomic E-state index is 13.1. The number of amides is 1. The molecule has 2 rings (SSSR count). The van der Waals surface area contributed by atoms with Crippen LogP contribution in [0.1, 0.15) is 31.3 Å². The fourth-order valence-electron chi connectivity index (χ4n) is 2.12. The molecular formula is C17H20FN3O3S. The summed E-state index contributed by atoms with van der Waals surface area (Å²) < 4.78 is 19.8. The Labute approximate surface area is 149 Å². The molecule has 0 aliphatic heterocycles. The van der Waals surface area contributed by atoms with E-state index in [2.05, 4.69) is 10.3 Å². The molecule has 0 spiro atoms. The van der Waals surface area contributed by atoms with Crippen molar-refractivity contribution in [1.82, 2.24) is 14.9 Å². The third-order valence-electron chi connectivity index (χ3n) is 3.05. The van der Waals surface area contributed by atoms with Crippen LogP contribution in [0.4, 0.5) is 4.39 Å². The van der Waals surface area contributed by atoms with Gasteiger partial charge in [0.2, 0.25) is 0 Å². The molecule has 25 heavy (non-hydrogen) atoms. The van der Waals surface area contributed by atoms with Crippen LogP contribution in [0.5, 0.6) is 0 Å². The lowest BCUT2D eigenvalue weighted by Crippen LogP contribution is -2.42. The number of hydrogen-bond donors (Lipinski definition) is 1. The lowest BCUT2D eigenvalue weighted by atomic mass is 10.1. The number of carbonyl (C=O) groups is 2. The molecule has 1 aromatic carbocycles. The predicted molar refractivity (Wildman–Crippen MR) is 93.5 cm³/mol. The second-order valence-corrected chi connectivity index (χ2v) is 7.09. The monoisotopic (exact) mass is 365 g/mol. The summed E-state index contributed by atoms with van der Waals surface area (Å²) >= 11 is 1.34. The summed E-state index contributed by atoms with van der Waals surface area (Å²) in [5.74, 6) is -1.45. The lowest BCUT2D eigenvalue weighted by molar-refractivity contribution is -0.125. The number of esters is 1. The van der Waals surface area contributed by atoms with Crippen molar-refractivity contribution < 1.29 is 18.7 Å². The summed E-state index contributed by atoms with van der Waals surface area (Å²) in [5, 5.41) is 3.26. The first kappa shape index (κ1) is 19.0. The summed E-state index contributed by atoms with van der Waals surface area (Å²) in [7, 11) is 0. The van der Waals surface area contributed by atoms with Crippen molar-refractivity contribution in [3.63, 3.8) is 0 Å². The molecule has 0 saturated carbocycles. The van der Waals surface area contributed by atoms with E-state index in [-0.39, 0.29) is 18.1 Å². The van der Waals surface area contributed by atoms with E-state index >= 15 is 0 Å². The summed E-state index contributed by atoms with van der Waals surface area (Å²) in [5.41, 5.74) is 0.333. The van der Waals surface area contributed by atoms with Crippen LogP contribution < -0.4 is 5.32 Å². The first-order chi connectivity index (χ1) is 11.7. The number of halogens is 1. The minimum absolute atomic E-state index is 0.166. The molecule has 1 aromatic heterocycles. The Kier molecular flexibility index (Phi) is 5.84. The number of ether oxygens (including phenoxy) is 1. The van der Waals surface area contributed by atoms with E-state index in [4.69, 9.17) is 4.74 Å². The Hall–Kier alpha value is -2.35. The second-order valence-electron chi connectivity index (χ2n) is 6.32. The van der Waals surface area contributed by atoms with Crippen LogP contribution in [-0.2, 0) is 9.53 Å². The fraction of sp³-hybridized carbons (Fsp3) is 0.353. The molecule has 0 unspecified atom stereocenters. The standard InChI is InChI=1S/C17H20FN3O3S/c1-17(2,3)20-14(22)10-24-15(23)13-9-19-16(25-4)21(13)12-7-5-11(18)6-8-12/h5-9H,10H2,1-4H3,(H,20,22). The number of carbonyl (C=O) groups excluding carboxylic acids is 2. The molecule has 1 heterocycles. The highest BCUT2D eigenvalue weighted by Crippen LogP contribution is 2.22. The molecule has 0 fully saturated rings. The highest BCUT2D eigenvalue weighted by atomic mass is 32.2. The number of rotatable bonds is 5. The molecule has 2 aromatic rings. The van der Waals surface area contributed by atoms with E-state index in [1.807, 2.05) is 27.0 Å². The van der Waals surface area contributed by atoms with E-state index in [9.17, 15) is 14.0 Å². The molecule has 134 valence electrons.